The van der Waals surface area contributed by atoms with E-state index in [1.54, 1.807) is 31.9 Å². The summed E-state index contributed by atoms with van der Waals surface area (Å²) in [5.41, 5.74) is 5.81. The maximum absolute atomic E-state index is 12.5. The highest BCUT2D eigenvalue weighted by Crippen LogP contribution is 2.18. The van der Waals surface area contributed by atoms with Gasteiger partial charge < -0.3 is 15.4 Å². The molecule has 0 saturated carbocycles. The van der Waals surface area contributed by atoms with E-state index in [0.717, 1.165) is 51.0 Å². The quantitative estimate of drug-likeness (QED) is 0.120. The van der Waals surface area contributed by atoms with E-state index in [2.05, 4.69) is 18.8 Å². The van der Waals surface area contributed by atoms with Crippen LogP contribution >= 0.6 is 0 Å². The Kier molecular flexibility index (Phi) is 22.2. The van der Waals surface area contributed by atoms with Crippen LogP contribution in [0, 0.1) is 5.92 Å². The Morgan fingerprint density at radius 2 is 1.23 bits per heavy atom. The maximum atomic E-state index is 12.5. The molecule has 0 fully saturated rings. The SMILES string of the molecule is CC(O)CCCCCCCn1c(=O)c2c(ncn2C)n(C)c1=O.CCCCCCCCCC(C)CCCCCCCCN. The van der Waals surface area contributed by atoms with Gasteiger partial charge in [0.2, 0.25) is 0 Å². The lowest BCUT2D eigenvalue weighted by Gasteiger charge is -2.11. The molecule has 2 rings (SSSR count). The molecule has 8 nitrogen and oxygen atoms in total. The summed E-state index contributed by atoms with van der Waals surface area (Å²) >= 11 is 0. The minimum Gasteiger partial charge on any atom is -0.393 e. The number of nitrogens with zero attached hydrogens (tertiary/aromatic N) is 4. The average molecular weight is 606 g/mol. The third-order valence-corrected chi connectivity index (χ3v) is 8.66. The Balaban J connectivity index is 0.000000436. The highest BCUT2D eigenvalue weighted by atomic mass is 16.3. The van der Waals surface area contributed by atoms with E-state index >= 15 is 0 Å². The second-order valence-electron chi connectivity index (χ2n) is 12.9. The Bertz CT molecular complexity index is 1050. The molecule has 2 atom stereocenters. The predicted octanol–water partition coefficient (Wildman–Crippen LogP) is 7.61. The maximum Gasteiger partial charge on any atom is 0.332 e. The van der Waals surface area contributed by atoms with Crippen LogP contribution in [-0.2, 0) is 20.6 Å². The van der Waals surface area contributed by atoms with Gasteiger partial charge in [-0.3, -0.25) is 13.9 Å². The van der Waals surface area contributed by atoms with Crippen molar-refractivity contribution in [3.05, 3.63) is 27.2 Å². The zero-order chi connectivity index (χ0) is 31.9. The number of hydrogen-bond acceptors (Lipinski definition) is 5. The summed E-state index contributed by atoms with van der Waals surface area (Å²) in [4.78, 5) is 28.9. The van der Waals surface area contributed by atoms with E-state index in [1.165, 1.54) is 105 Å². The fraction of sp³-hybridized carbons (Fsp3) is 0.857. The standard InChI is InChI=1S/C19H41N.C16H26N4O3/c1-3-4-5-6-7-10-13-16-19(2)17-14-11-8-9-12-15-18-20;1-12(21)9-7-5-4-6-8-10-20-15(22)13-14(17-11-18(13)2)19(3)16(20)23/h19H,3-18,20H2,1-2H3;11-12,21H,4-10H2,1-3H3. The normalized spacial score (nSPS) is 12.8. The van der Waals surface area contributed by atoms with Crippen LogP contribution in [0.1, 0.15) is 156 Å². The van der Waals surface area contributed by atoms with Crippen LogP contribution in [-0.4, -0.2) is 36.4 Å². The topological polar surface area (TPSA) is 108 Å². The molecule has 2 unspecified atom stereocenters. The monoisotopic (exact) mass is 606 g/mol. The molecule has 250 valence electrons. The van der Waals surface area contributed by atoms with Gasteiger partial charge in [0.1, 0.15) is 0 Å². The lowest BCUT2D eigenvalue weighted by Crippen LogP contribution is -2.39. The van der Waals surface area contributed by atoms with Crippen molar-refractivity contribution in [3.8, 4) is 0 Å². The van der Waals surface area contributed by atoms with Gasteiger partial charge in [0.25, 0.3) is 5.56 Å². The van der Waals surface area contributed by atoms with Gasteiger partial charge in [-0.05, 0) is 38.6 Å². The molecular formula is C35H67N5O3. The number of unbranched alkanes of at least 4 members (excludes halogenated alkanes) is 15. The van der Waals surface area contributed by atoms with Crippen molar-refractivity contribution in [2.45, 2.75) is 168 Å². The summed E-state index contributed by atoms with van der Waals surface area (Å²) in [6, 6.07) is 0. The smallest absolute Gasteiger partial charge is 0.332 e. The summed E-state index contributed by atoms with van der Waals surface area (Å²) in [6.07, 6.45) is 28.3. The Hall–Kier alpha value is -1.93. The van der Waals surface area contributed by atoms with Crippen molar-refractivity contribution >= 4 is 11.2 Å². The number of imidazole rings is 1. The summed E-state index contributed by atoms with van der Waals surface area (Å²) < 4.78 is 4.39. The fourth-order valence-electron chi connectivity index (χ4n) is 5.77. The molecule has 0 bridgehead atoms. The largest absolute Gasteiger partial charge is 0.393 e. The number of aliphatic hydroxyl groups excluding tert-OH is 1. The second kappa shape index (κ2) is 24.4. The molecule has 43 heavy (non-hydrogen) atoms. The summed E-state index contributed by atoms with van der Waals surface area (Å²) in [7, 11) is 3.40. The zero-order valence-electron chi connectivity index (χ0n) is 28.6. The summed E-state index contributed by atoms with van der Waals surface area (Å²) in [6.45, 7) is 7.85. The number of aryl methyl sites for hydroxylation is 2. The molecule has 0 aliphatic carbocycles. The minimum absolute atomic E-state index is 0.234. The number of hydrogen-bond donors (Lipinski definition) is 2. The molecule has 3 N–H and O–H groups in total. The van der Waals surface area contributed by atoms with Gasteiger partial charge >= 0.3 is 5.69 Å². The first-order chi connectivity index (χ1) is 20.7. The molecule has 0 spiro atoms. The van der Waals surface area contributed by atoms with Crippen molar-refractivity contribution in [2.24, 2.45) is 25.7 Å². The molecule has 0 saturated heterocycles. The number of nitrogens with two attached hydrogens (primary N) is 1. The average Bonchev–Trinajstić information content (AvgIpc) is 3.38. The van der Waals surface area contributed by atoms with Crippen molar-refractivity contribution in [1.29, 1.82) is 0 Å². The fourth-order valence-corrected chi connectivity index (χ4v) is 5.77. The van der Waals surface area contributed by atoms with E-state index in [9.17, 15) is 14.7 Å². The first-order valence-corrected chi connectivity index (χ1v) is 17.7. The lowest BCUT2D eigenvalue weighted by molar-refractivity contribution is 0.180. The van der Waals surface area contributed by atoms with Gasteiger partial charge in [0.05, 0.1) is 12.4 Å². The van der Waals surface area contributed by atoms with Crippen LogP contribution in [0.2, 0.25) is 0 Å². The molecule has 2 aromatic rings. The van der Waals surface area contributed by atoms with Gasteiger partial charge in [0, 0.05) is 20.6 Å². The number of aliphatic hydroxyl groups is 1. The minimum atomic E-state index is -0.310. The number of rotatable bonds is 24. The number of aromatic nitrogens is 4. The van der Waals surface area contributed by atoms with Crippen LogP contribution in [0.15, 0.2) is 15.9 Å². The molecule has 2 aromatic heterocycles. The molecule has 0 aliphatic heterocycles. The lowest BCUT2D eigenvalue weighted by atomic mass is 9.96. The van der Waals surface area contributed by atoms with E-state index < -0.39 is 0 Å². The Morgan fingerprint density at radius 3 is 1.77 bits per heavy atom. The van der Waals surface area contributed by atoms with Crippen molar-refractivity contribution in [2.75, 3.05) is 6.54 Å². The van der Waals surface area contributed by atoms with Crippen LogP contribution in [0.25, 0.3) is 11.2 Å². The predicted molar refractivity (Wildman–Crippen MR) is 183 cm³/mol. The van der Waals surface area contributed by atoms with Crippen LogP contribution in [0.4, 0.5) is 0 Å². The van der Waals surface area contributed by atoms with Crippen molar-refractivity contribution in [1.82, 2.24) is 18.7 Å². The third-order valence-electron chi connectivity index (χ3n) is 8.66. The molecule has 2 heterocycles. The molecule has 0 aromatic carbocycles. The zero-order valence-corrected chi connectivity index (χ0v) is 28.6. The molecule has 0 aliphatic rings. The van der Waals surface area contributed by atoms with Gasteiger partial charge in [0.15, 0.2) is 11.2 Å². The van der Waals surface area contributed by atoms with E-state index in [1.807, 2.05) is 0 Å². The summed E-state index contributed by atoms with van der Waals surface area (Å²) in [5, 5.41) is 9.20. The first kappa shape index (κ1) is 39.1. The molecular weight excluding hydrogens is 538 g/mol. The summed E-state index contributed by atoms with van der Waals surface area (Å²) in [5.74, 6) is 0.953. The van der Waals surface area contributed by atoms with E-state index in [0.29, 0.717) is 17.7 Å². The van der Waals surface area contributed by atoms with Gasteiger partial charge in [-0.1, -0.05) is 129 Å². The Labute approximate surface area is 262 Å². The van der Waals surface area contributed by atoms with Crippen LogP contribution < -0.4 is 17.0 Å². The second-order valence-corrected chi connectivity index (χ2v) is 12.9. The van der Waals surface area contributed by atoms with Crippen molar-refractivity contribution in [3.63, 3.8) is 0 Å². The van der Waals surface area contributed by atoms with Gasteiger partial charge in [-0.15, -0.1) is 0 Å². The third kappa shape index (κ3) is 16.6. The van der Waals surface area contributed by atoms with E-state index in [4.69, 9.17) is 5.73 Å². The highest BCUT2D eigenvalue weighted by molar-refractivity contribution is 5.69. The number of fused-ring (bicyclic) bond motifs is 1. The molecule has 0 radical (unpaired) electrons. The van der Waals surface area contributed by atoms with Gasteiger partial charge in [-0.25, -0.2) is 9.78 Å². The van der Waals surface area contributed by atoms with Gasteiger partial charge in [-0.2, -0.15) is 0 Å². The molecule has 8 heteroatoms. The van der Waals surface area contributed by atoms with E-state index in [-0.39, 0.29) is 17.4 Å². The van der Waals surface area contributed by atoms with Crippen molar-refractivity contribution < 1.29 is 5.11 Å². The Morgan fingerprint density at radius 1 is 0.744 bits per heavy atom. The van der Waals surface area contributed by atoms with Crippen LogP contribution in [0.5, 0.6) is 0 Å². The van der Waals surface area contributed by atoms with Crippen LogP contribution in [0.3, 0.4) is 0 Å². The molecule has 0 amide bonds. The first-order valence-electron chi connectivity index (χ1n) is 17.7. The highest BCUT2D eigenvalue weighted by Gasteiger charge is 2.14.